The SMILES string of the molecule is CC.CCc1cc(C)n(C)c1. The molecular formula is C10H19N. The van der Waals surface area contributed by atoms with Crippen LogP contribution in [0.25, 0.3) is 0 Å². The highest BCUT2D eigenvalue weighted by Gasteiger charge is 1.93. The molecule has 0 aliphatic carbocycles. The second kappa shape index (κ2) is 5.00. The Hall–Kier alpha value is -0.720. The second-order valence-corrected chi connectivity index (χ2v) is 2.45. The van der Waals surface area contributed by atoms with Gasteiger partial charge in [0.15, 0.2) is 0 Å². The summed E-state index contributed by atoms with van der Waals surface area (Å²) < 4.78 is 2.15. The number of hydrogen-bond donors (Lipinski definition) is 0. The molecule has 1 rings (SSSR count). The van der Waals surface area contributed by atoms with Crippen LogP contribution in [0.2, 0.25) is 0 Å². The molecule has 0 aliphatic rings. The van der Waals surface area contributed by atoms with Crippen molar-refractivity contribution in [2.75, 3.05) is 0 Å². The predicted molar refractivity (Wildman–Crippen MR) is 50.9 cm³/mol. The molecule has 0 saturated heterocycles. The van der Waals surface area contributed by atoms with Gasteiger partial charge in [0, 0.05) is 18.9 Å². The van der Waals surface area contributed by atoms with E-state index >= 15 is 0 Å². The molecule has 0 N–H and O–H groups in total. The molecule has 1 heteroatoms. The molecule has 0 spiro atoms. The third-order valence-corrected chi connectivity index (χ3v) is 1.72. The van der Waals surface area contributed by atoms with Crippen molar-refractivity contribution in [1.82, 2.24) is 4.57 Å². The van der Waals surface area contributed by atoms with E-state index in [1.54, 1.807) is 0 Å². The Morgan fingerprint density at radius 3 is 2.09 bits per heavy atom. The molecular weight excluding hydrogens is 134 g/mol. The van der Waals surface area contributed by atoms with Gasteiger partial charge in [0.1, 0.15) is 0 Å². The van der Waals surface area contributed by atoms with Crippen LogP contribution < -0.4 is 0 Å². The number of nitrogens with zero attached hydrogens (tertiary/aromatic N) is 1. The van der Waals surface area contributed by atoms with Gasteiger partial charge in [-0.2, -0.15) is 0 Å². The highest BCUT2D eigenvalue weighted by molar-refractivity contribution is 5.16. The van der Waals surface area contributed by atoms with Gasteiger partial charge < -0.3 is 4.57 Å². The summed E-state index contributed by atoms with van der Waals surface area (Å²) in [5, 5.41) is 0. The van der Waals surface area contributed by atoms with Gasteiger partial charge >= 0.3 is 0 Å². The van der Waals surface area contributed by atoms with Crippen LogP contribution in [-0.4, -0.2) is 4.57 Å². The molecule has 0 aliphatic heterocycles. The third kappa shape index (κ3) is 2.79. The van der Waals surface area contributed by atoms with Gasteiger partial charge in [0.05, 0.1) is 0 Å². The van der Waals surface area contributed by atoms with Gasteiger partial charge in [0.2, 0.25) is 0 Å². The fourth-order valence-corrected chi connectivity index (χ4v) is 0.951. The molecule has 1 nitrogen and oxygen atoms in total. The first kappa shape index (κ1) is 10.3. The van der Waals surface area contributed by atoms with Crippen molar-refractivity contribution >= 4 is 0 Å². The van der Waals surface area contributed by atoms with Crippen molar-refractivity contribution in [2.45, 2.75) is 34.1 Å². The maximum Gasteiger partial charge on any atom is 0.0143 e. The molecule has 0 aromatic carbocycles. The van der Waals surface area contributed by atoms with E-state index in [9.17, 15) is 0 Å². The van der Waals surface area contributed by atoms with E-state index in [2.05, 4.69) is 37.7 Å². The van der Waals surface area contributed by atoms with E-state index in [-0.39, 0.29) is 0 Å². The molecule has 0 fully saturated rings. The Morgan fingerprint density at radius 1 is 1.36 bits per heavy atom. The molecule has 0 radical (unpaired) electrons. The summed E-state index contributed by atoms with van der Waals surface area (Å²) in [6.07, 6.45) is 3.32. The van der Waals surface area contributed by atoms with E-state index in [0.29, 0.717) is 0 Å². The number of aromatic nitrogens is 1. The number of aryl methyl sites for hydroxylation is 3. The normalized spacial score (nSPS) is 8.82. The van der Waals surface area contributed by atoms with E-state index in [0.717, 1.165) is 6.42 Å². The summed E-state index contributed by atoms with van der Waals surface area (Å²) in [6, 6.07) is 2.22. The zero-order valence-corrected chi connectivity index (χ0v) is 8.31. The highest BCUT2D eigenvalue weighted by atomic mass is 14.9. The molecule has 0 bridgehead atoms. The fourth-order valence-electron chi connectivity index (χ4n) is 0.951. The zero-order valence-electron chi connectivity index (χ0n) is 8.31. The lowest BCUT2D eigenvalue weighted by molar-refractivity contribution is 0.878. The molecule has 11 heavy (non-hydrogen) atoms. The van der Waals surface area contributed by atoms with Crippen LogP contribution in [-0.2, 0) is 13.5 Å². The van der Waals surface area contributed by atoms with Crippen molar-refractivity contribution in [3.63, 3.8) is 0 Å². The van der Waals surface area contributed by atoms with Gasteiger partial charge in [-0.1, -0.05) is 20.8 Å². The zero-order chi connectivity index (χ0) is 8.85. The molecule has 0 atom stereocenters. The molecule has 0 unspecified atom stereocenters. The Bertz CT molecular complexity index is 179. The van der Waals surface area contributed by atoms with Crippen molar-refractivity contribution < 1.29 is 0 Å². The summed E-state index contributed by atoms with van der Waals surface area (Å²) in [5.74, 6) is 0. The van der Waals surface area contributed by atoms with Crippen LogP contribution >= 0.6 is 0 Å². The topological polar surface area (TPSA) is 4.93 Å². The van der Waals surface area contributed by atoms with Gasteiger partial charge in [0.25, 0.3) is 0 Å². The molecule has 64 valence electrons. The van der Waals surface area contributed by atoms with E-state index in [1.807, 2.05) is 13.8 Å². The van der Waals surface area contributed by atoms with Gasteiger partial charge in [-0.25, -0.2) is 0 Å². The minimum absolute atomic E-state index is 1.14. The minimum atomic E-state index is 1.14. The Morgan fingerprint density at radius 2 is 1.91 bits per heavy atom. The largest absolute Gasteiger partial charge is 0.354 e. The average Bonchev–Trinajstić information content (AvgIpc) is 2.36. The van der Waals surface area contributed by atoms with Gasteiger partial charge in [-0.3, -0.25) is 0 Å². The van der Waals surface area contributed by atoms with E-state index in [1.165, 1.54) is 11.3 Å². The van der Waals surface area contributed by atoms with Crippen LogP contribution in [0.5, 0.6) is 0 Å². The first-order chi connectivity index (χ1) is 5.24. The van der Waals surface area contributed by atoms with Crippen LogP contribution in [0.4, 0.5) is 0 Å². The van der Waals surface area contributed by atoms with Crippen molar-refractivity contribution in [3.8, 4) is 0 Å². The first-order valence-electron chi connectivity index (χ1n) is 4.36. The van der Waals surface area contributed by atoms with Crippen LogP contribution in [0, 0.1) is 6.92 Å². The molecule has 0 saturated carbocycles. The lowest BCUT2D eigenvalue weighted by Crippen LogP contribution is -1.85. The maximum atomic E-state index is 2.22. The van der Waals surface area contributed by atoms with Gasteiger partial charge in [-0.05, 0) is 25.0 Å². The standard InChI is InChI=1S/C8H13N.C2H6/c1-4-8-5-7(2)9(3)6-8;1-2/h5-6H,4H2,1-3H3;1-2H3. The van der Waals surface area contributed by atoms with Crippen molar-refractivity contribution in [3.05, 3.63) is 23.5 Å². The predicted octanol–water partition coefficient (Wildman–Crippen LogP) is 2.92. The third-order valence-electron chi connectivity index (χ3n) is 1.72. The molecule has 1 heterocycles. The minimum Gasteiger partial charge on any atom is -0.354 e. The molecule has 1 aromatic rings. The summed E-state index contributed by atoms with van der Waals surface area (Å²) >= 11 is 0. The smallest absolute Gasteiger partial charge is 0.0143 e. The lowest BCUT2D eigenvalue weighted by Gasteiger charge is -1.90. The van der Waals surface area contributed by atoms with Crippen LogP contribution in [0.3, 0.4) is 0 Å². The highest BCUT2D eigenvalue weighted by Crippen LogP contribution is 2.05. The fraction of sp³-hybridized carbons (Fsp3) is 0.600. The van der Waals surface area contributed by atoms with E-state index in [4.69, 9.17) is 0 Å². The van der Waals surface area contributed by atoms with Crippen LogP contribution in [0.1, 0.15) is 32.0 Å². The number of rotatable bonds is 1. The quantitative estimate of drug-likeness (QED) is 0.584. The monoisotopic (exact) mass is 153 g/mol. The summed E-state index contributed by atoms with van der Waals surface area (Å²) in [7, 11) is 2.08. The summed E-state index contributed by atoms with van der Waals surface area (Å²) in [5.41, 5.74) is 2.77. The van der Waals surface area contributed by atoms with Gasteiger partial charge in [-0.15, -0.1) is 0 Å². The second-order valence-electron chi connectivity index (χ2n) is 2.45. The Balaban J connectivity index is 0.000000461. The van der Waals surface area contributed by atoms with Crippen molar-refractivity contribution in [2.24, 2.45) is 7.05 Å². The number of hydrogen-bond acceptors (Lipinski definition) is 0. The molecule has 0 amide bonds. The molecule has 1 aromatic heterocycles. The Kier molecular flexibility index (Phi) is 4.67. The van der Waals surface area contributed by atoms with E-state index < -0.39 is 0 Å². The van der Waals surface area contributed by atoms with Crippen molar-refractivity contribution in [1.29, 1.82) is 0 Å². The maximum absolute atomic E-state index is 2.22. The lowest BCUT2D eigenvalue weighted by atomic mass is 10.2. The summed E-state index contributed by atoms with van der Waals surface area (Å²) in [4.78, 5) is 0. The Labute approximate surface area is 70.0 Å². The first-order valence-corrected chi connectivity index (χ1v) is 4.36. The summed E-state index contributed by atoms with van der Waals surface area (Å²) in [6.45, 7) is 8.30. The average molecular weight is 153 g/mol. The van der Waals surface area contributed by atoms with Crippen LogP contribution in [0.15, 0.2) is 12.3 Å².